The highest BCUT2D eigenvalue weighted by atomic mass is 31.2. The summed E-state index contributed by atoms with van der Waals surface area (Å²) in [6, 6.07) is 0. The van der Waals surface area contributed by atoms with E-state index in [0.29, 0.717) is 6.42 Å². The summed E-state index contributed by atoms with van der Waals surface area (Å²) >= 11 is 0. The molecule has 264 valence electrons. The van der Waals surface area contributed by atoms with Crippen molar-refractivity contribution < 1.29 is 43.3 Å². The van der Waals surface area contributed by atoms with E-state index in [4.69, 9.17) is 18.5 Å². The van der Waals surface area contributed by atoms with Crippen LogP contribution in [0.4, 0.5) is 0 Å². The fraction of sp³-hybridized carbons (Fsp3) is 0.943. The van der Waals surface area contributed by atoms with Crippen molar-refractivity contribution in [3.8, 4) is 0 Å². The summed E-state index contributed by atoms with van der Waals surface area (Å²) in [6.07, 6.45) is 29.3. The lowest BCUT2D eigenvalue weighted by molar-refractivity contribution is -0.373. The lowest BCUT2D eigenvalue weighted by atomic mass is 9.81. The number of phosphoric acid groups is 1. The molecule has 10 heteroatoms. The van der Waals surface area contributed by atoms with E-state index in [0.717, 1.165) is 43.9 Å². The Kier molecular flexibility index (Phi) is 23.2. The minimum absolute atomic E-state index is 0.0962. The van der Waals surface area contributed by atoms with Crippen molar-refractivity contribution in [3.63, 3.8) is 0 Å². The van der Waals surface area contributed by atoms with E-state index >= 15 is 0 Å². The number of esters is 2. The van der Waals surface area contributed by atoms with E-state index in [1.807, 2.05) is 0 Å². The molecule has 2 aliphatic carbocycles. The molecule has 0 bridgehead atoms. The third-order valence-electron chi connectivity index (χ3n) is 9.20. The maximum atomic E-state index is 12.5. The predicted octanol–water partition coefficient (Wildman–Crippen LogP) is 7.59. The molecule has 0 aromatic rings. The summed E-state index contributed by atoms with van der Waals surface area (Å²) in [7, 11) is -4.56. The predicted molar refractivity (Wildman–Crippen MR) is 175 cm³/mol. The largest absolute Gasteiger partial charge is 0.756 e. The van der Waals surface area contributed by atoms with Gasteiger partial charge in [0.05, 0.1) is 13.2 Å². The highest BCUT2D eigenvalue weighted by molar-refractivity contribution is 7.45. The quantitative estimate of drug-likeness (QED) is 0.0443. The monoisotopic (exact) mass is 659 g/mol. The van der Waals surface area contributed by atoms with Crippen LogP contribution in [0.3, 0.4) is 0 Å². The topological polar surface area (TPSA) is 139 Å². The zero-order chi connectivity index (χ0) is 32.4. The van der Waals surface area contributed by atoms with Crippen molar-refractivity contribution in [2.75, 3.05) is 26.4 Å². The SMILES string of the molecule is [NH3+]CCOP(=O)([O-])OC[C@H](COC(=O)CCCCCCCCCCCC1CC1)OC(=O)CCCCCCCCCCC1CCC1. The number of quaternary nitrogens is 1. The molecule has 2 atom stereocenters. The average Bonchev–Trinajstić information content (AvgIpc) is 3.82. The molecule has 2 rings (SSSR count). The fourth-order valence-electron chi connectivity index (χ4n) is 5.90. The van der Waals surface area contributed by atoms with Gasteiger partial charge in [-0.2, -0.15) is 0 Å². The molecule has 2 aliphatic rings. The van der Waals surface area contributed by atoms with Gasteiger partial charge in [0.25, 0.3) is 7.82 Å². The Hall–Kier alpha value is -0.990. The Morgan fingerprint density at radius 3 is 1.58 bits per heavy atom. The second-order valence-electron chi connectivity index (χ2n) is 13.6. The fourth-order valence-corrected chi connectivity index (χ4v) is 6.67. The molecule has 0 amide bonds. The van der Waals surface area contributed by atoms with Gasteiger partial charge >= 0.3 is 11.9 Å². The third-order valence-corrected chi connectivity index (χ3v) is 10.2. The zero-order valence-electron chi connectivity index (χ0n) is 28.4. The Bertz CT molecular complexity index is 805. The number of unbranched alkanes of at least 4 members (excludes halogenated alkanes) is 15. The van der Waals surface area contributed by atoms with Gasteiger partial charge in [0.15, 0.2) is 6.10 Å². The van der Waals surface area contributed by atoms with Crippen LogP contribution in [0.5, 0.6) is 0 Å². The summed E-state index contributed by atoms with van der Waals surface area (Å²) in [4.78, 5) is 36.8. The molecule has 2 fully saturated rings. The van der Waals surface area contributed by atoms with Gasteiger partial charge in [-0.05, 0) is 24.7 Å². The molecule has 2 saturated carbocycles. The van der Waals surface area contributed by atoms with Gasteiger partial charge in [-0.25, -0.2) is 0 Å². The van der Waals surface area contributed by atoms with E-state index in [-0.39, 0.29) is 38.6 Å². The van der Waals surface area contributed by atoms with Crippen molar-refractivity contribution in [2.45, 2.75) is 173 Å². The van der Waals surface area contributed by atoms with E-state index in [9.17, 15) is 19.0 Å². The molecule has 0 radical (unpaired) electrons. The normalized spacial score (nSPS) is 17.0. The van der Waals surface area contributed by atoms with Crippen LogP contribution >= 0.6 is 7.82 Å². The number of ether oxygens (including phenoxy) is 2. The van der Waals surface area contributed by atoms with Crippen LogP contribution < -0.4 is 10.6 Å². The maximum Gasteiger partial charge on any atom is 0.306 e. The molecular formula is C35H66NO8P. The summed E-state index contributed by atoms with van der Waals surface area (Å²) in [6.45, 7) is -0.535. The molecule has 0 heterocycles. The first-order valence-electron chi connectivity index (χ1n) is 18.6. The number of carbonyl (C=O) groups excluding carboxylic acids is 2. The minimum atomic E-state index is -4.56. The van der Waals surface area contributed by atoms with Gasteiger partial charge in [-0.15, -0.1) is 0 Å². The molecule has 0 aliphatic heterocycles. The van der Waals surface area contributed by atoms with Crippen molar-refractivity contribution in [2.24, 2.45) is 11.8 Å². The van der Waals surface area contributed by atoms with Crippen LogP contribution in [0.2, 0.25) is 0 Å². The van der Waals surface area contributed by atoms with Crippen molar-refractivity contribution in [1.82, 2.24) is 0 Å². The van der Waals surface area contributed by atoms with Crippen LogP contribution in [-0.4, -0.2) is 44.4 Å². The molecule has 3 N–H and O–H groups in total. The number of hydrogen-bond acceptors (Lipinski definition) is 8. The first-order valence-corrected chi connectivity index (χ1v) is 20.1. The number of phosphoric ester groups is 1. The van der Waals surface area contributed by atoms with Gasteiger partial charge < -0.3 is 29.1 Å². The Morgan fingerprint density at radius 2 is 1.11 bits per heavy atom. The highest BCUT2D eigenvalue weighted by Crippen LogP contribution is 2.38. The van der Waals surface area contributed by atoms with E-state index < -0.39 is 26.5 Å². The number of hydrogen-bond donors (Lipinski definition) is 1. The summed E-state index contributed by atoms with van der Waals surface area (Å²) in [5.41, 5.74) is 3.54. The number of rotatable bonds is 32. The average molecular weight is 660 g/mol. The summed E-state index contributed by atoms with van der Waals surface area (Å²) in [5, 5.41) is 0. The van der Waals surface area contributed by atoms with Crippen LogP contribution in [0.15, 0.2) is 0 Å². The van der Waals surface area contributed by atoms with Crippen molar-refractivity contribution >= 4 is 19.8 Å². The van der Waals surface area contributed by atoms with Crippen LogP contribution in [0.1, 0.15) is 167 Å². The van der Waals surface area contributed by atoms with Crippen molar-refractivity contribution in [1.29, 1.82) is 0 Å². The van der Waals surface area contributed by atoms with E-state index in [1.54, 1.807) is 0 Å². The van der Waals surface area contributed by atoms with Crippen LogP contribution in [0.25, 0.3) is 0 Å². The lowest BCUT2D eigenvalue weighted by Crippen LogP contribution is -2.52. The zero-order valence-corrected chi connectivity index (χ0v) is 29.3. The number of carbonyl (C=O) groups is 2. The van der Waals surface area contributed by atoms with Crippen LogP contribution in [-0.2, 0) is 32.7 Å². The molecule has 9 nitrogen and oxygen atoms in total. The van der Waals surface area contributed by atoms with Gasteiger partial charge in [-0.3, -0.25) is 14.2 Å². The second kappa shape index (κ2) is 26.0. The van der Waals surface area contributed by atoms with Gasteiger partial charge in [0.1, 0.15) is 13.2 Å². The molecule has 1 unspecified atom stereocenters. The molecule has 45 heavy (non-hydrogen) atoms. The molecule has 0 aromatic heterocycles. The Balaban J connectivity index is 1.52. The smallest absolute Gasteiger partial charge is 0.306 e. The Morgan fingerprint density at radius 1 is 0.644 bits per heavy atom. The standard InChI is InChI=1S/C35H66NO8P/c36-27-28-42-45(39,40)43-30-33(44-35(38)24-17-13-9-5-4-7-10-14-19-31-21-18-22-31)29-41-34(37)23-16-12-8-3-1-2-6-11-15-20-32-25-26-32/h31-33H,1-30,36H2,(H,39,40)/t33-/m0/s1. The van der Waals surface area contributed by atoms with Crippen LogP contribution in [0, 0.1) is 11.8 Å². The third kappa shape index (κ3) is 23.9. The van der Waals surface area contributed by atoms with E-state index in [1.165, 1.54) is 116 Å². The minimum Gasteiger partial charge on any atom is -0.756 e. The summed E-state index contributed by atoms with van der Waals surface area (Å²) < 4.78 is 32.4. The maximum absolute atomic E-state index is 12.5. The highest BCUT2D eigenvalue weighted by Gasteiger charge is 2.21. The molecule has 0 saturated heterocycles. The first kappa shape index (κ1) is 40.2. The lowest BCUT2D eigenvalue weighted by Gasteiger charge is -2.25. The molecule has 0 aromatic carbocycles. The Labute approximate surface area is 274 Å². The molecular weight excluding hydrogens is 593 g/mol. The first-order chi connectivity index (χ1) is 21.9. The second-order valence-corrected chi connectivity index (χ2v) is 15.0. The van der Waals surface area contributed by atoms with E-state index in [2.05, 4.69) is 5.73 Å². The molecule has 0 spiro atoms. The van der Waals surface area contributed by atoms with Crippen molar-refractivity contribution in [3.05, 3.63) is 0 Å². The van der Waals surface area contributed by atoms with Gasteiger partial charge in [0.2, 0.25) is 0 Å². The van der Waals surface area contributed by atoms with Gasteiger partial charge in [0, 0.05) is 12.8 Å². The summed E-state index contributed by atoms with van der Waals surface area (Å²) in [5.74, 6) is 1.22. The van der Waals surface area contributed by atoms with Gasteiger partial charge in [-0.1, -0.05) is 141 Å².